The average molecular weight is 399 g/mol. The van der Waals surface area contributed by atoms with Crippen LogP contribution in [0.25, 0.3) is 0 Å². The van der Waals surface area contributed by atoms with Crippen molar-refractivity contribution in [3.05, 3.63) is 70.3 Å². The van der Waals surface area contributed by atoms with E-state index in [-0.39, 0.29) is 0 Å². The molecular weight excluding hydrogens is 384 g/mol. The molecular formula is C16H15ClN2O6S. The number of sulfonamides is 1. The first-order valence-electron chi connectivity index (χ1n) is 7.30. The molecule has 8 nitrogen and oxygen atoms in total. The molecule has 2 atom stereocenters. The Morgan fingerprint density at radius 1 is 1.15 bits per heavy atom. The summed E-state index contributed by atoms with van der Waals surface area (Å²) in [5.74, 6) is -0.920. The van der Waals surface area contributed by atoms with Crippen molar-refractivity contribution in [3.8, 4) is 0 Å². The van der Waals surface area contributed by atoms with Crippen LogP contribution < -0.4 is 4.72 Å². The maximum Gasteiger partial charge on any atom is 0.325 e. The number of esters is 1. The minimum atomic E-state index is -4.42. The molecule has 2 rings (SSSR count). The van der Waals surface area contributed by atoms with Crippen molar-refractivity contribution in [1.82, 2.24) is 4.72 Å². The van der Waals surface area contributed by atoms with E-state index in [0.717, 1.165) is 19.2 Å². The topological polar surface area (TPSA) is 116 Å². The lowest BCUT2D eigenvalue weighted by atomic mass is 10.1. The Kier molecular flexibility index (Phi) is 6.30. The molecule has 0 bridgehead atoms. The fraction of sp³-hybridized carbons (Fsp3) is 0.188. The van der Waals surface area contributed by atoms with Crippen molar-refractivity contribution in [3.63, 3.8) is 0 Å². The van der Waals surface area contributed by atoms with Gasteiger partial charge >= 0.3 is 5.97 Å². The summed E-state index contributed by atoms with van der Waals surface area (Å²) in [7, 11) is -3.33. The van der Waals surface area contributed by atoms with E-state index in [9.17, 15) is 23.3 Å². The number of para-hydroxylation sites is 1. The molecule has 0 amide bonds. The first kappa shape index (κ1) is 19.8. The highest BCUT2D eigenvalue weighted by molar-refractivity contribution is 7.89. The van der Waals surface area contributed by atoms with Crippen molar-refractivity contribution in [2.75, 3.05) is 7.11 Å². The number of hydrogen-bond acceptors (Lipinski definition) is 6. The van der Waals surface area contributed by atoms with Crippen LogP contribution in [0.1, 0.15) is 10.9 Å². The van der Waals surface area contributed by atoms with Gasteiger partial charge in [-0.2, -0.15) is 4.72 Å². The summed E-state index contributed by atoms with van der Waals surface area (Å²) in [6.45, 7) is 0. The van der Waals surface area contributed by atoms with Crippen molar-refractivity contribution < 1.29 is 22.9 Å². The predicted molar refractivity (Wildman–Crippen MR) is 94.3 cm³/mol. The Morgan fingerprint density at radius 2 is 1.73 bits per heavy atom. The number of halogens is 1. The lowest BCUT2D eigenvalue weighted by Crippen LogP contribution is -2.44. The van der Waals surface area contributed by atoms with E-state index in [2.05, 4.69) is 9.46 Å². The summed E-state index contributed by atoms with van der Waals surface area (Å²) in [6, 6.07) is 11.6. The van der Waals surface area contributed by atoms with Crippen molar-refractivity contribution >= 4 is 33.3 Å². The number of nitrogens with one attached hydrogen (secondary N) is 1. The van der Waals surface area contributed by atoms with Crippen LogP contribution in [-0.2, 0) is 19.6 Å². The Hall–Kier alpha value is -2.49. The van der Waals surface area contributed by atoms with Gasteiger partial charge in [-0.15, -0.1) is 11.6 Å². The van der Waals surface area contributed by atoms with Crippen LogP contribution in [-0.4, -0.2) is 32.5 Å². The normalized spacial score (nSPS) is 13.6. The Morgan fingerprint density at radius 3 is 2.31 bits per heavy atom. The molecule has 0 aliphatic rings. The van der Waals surface area contributed by atoms with Crippen LogP contribution in [0.15, 0.2) is 59.5 Å². The van der Waals surface area contributed by atoms with E-state index in [1.807, 2.05) is 0 Å². The number of nitro benzene ring substituents is 1. The smallest absolute Gasteiger partial charge is 0.325 e. The van der Waals surface area contributed by atoms with E-state index in [1.165, 1.54) is 12.1 Å². The molecule has 0 aromatic heterocycles. The van der Waals surface area contributed by atoms with Gasteiger partial charge in [0.1, 0.15) is 6.04 Å². The molecule has 0 aliphatic carbocycles. The molecule has 138 valence electrons. The average Bonchev–Trinajstić information content (AvgIpc) is 2.65. The molecule has 2 aromatic carbocycles. The first-order valence-corrected chi connectivity index (χ1v) is 9.22. The highest BCUT2D eigenvalue weighted by atomic mass is 35.5. The van der Waals surface area contributed by atoms with E-state index < -0.39 is 42.9 Å². The summed E-state index contributed by atoms with van der Waals surface area (Å²) >= 11 is 6.28. The fourth-order valence-corrected chi connectivity index (χ4v) is 4.00. The van der Waals surface area contributed by atoms with Crippen LogP contribution in [0.2, 0.25) is 0 Å². The fourth-order valence-electron chi connectivity index (χ4n) is 2.25. The van der Waals surface area contributed by atoms with Gasteiger partial charge in [-0.05, 0) is 11.6 Å². The summed E-state index contributed by atoms with van der Waals surface area (Å²) in [4.78, 5) is 21.8. The number of nitrogens with zero attached hydrogens (tertiary/aromatic N) is 1. The zero-order valence-electron chi connectivity index (χ0n) is 13.5. The van der Waals surface area contributed by atoms with E-state index in [0.29, 0.717) is 5.56 Å². The number of ether oxygens (including phenoxy) is 1. The number of hydrogen-bond donors (Lipinski definition) is 1. The monoisotopic (exact) mass is 398 g/mol. The van der Waals surface area contributed by atoms with Crippen molar-refractivity contribution in [2.24, 2.45) is 0 Å². The van der Waals surface area contributed by atoms with Gasteiger partial charge in [-0.3, -0.25) is 14.9 Å². The molecule has 0 spiro atoms. The maximum absolute atomic E-state index is 12.6. The number of carbonyl (C=O) groups excluding carboxylic acids is 1. The van der Waals surface area contributed by atoms with Crippen LogP contribution >= 0.6 is 11.6 Å². The molecule has 1 N–H and O–H groups in total. The second-order valence-corrected chi connectivity index (χ2v) is 7.31. The molecule has 0 radical (unpaired) electrons. The Bertz CT molecular complexity index is 904. The number of methoxy groups -OCH3 is 1. The van der Waals surface area contributed by atoms with Crippen LogP contribution in [0.5, 0.6) is 0 Å². The number of alkyl halides is 1. The molecule has 0 heterocycles. The summed E-state index contributed by atoms with van der Waals surface area (Å²) in [5.41, 5.74) is -0.135. The minimum absolute atomic E-state index is 0.481. The Balaban J connectivity index is 2.43. The quantitative estimate of drug-likeness (QED) is 0.331. The maximum atomic E-state index is 12.6. The largest absolute Gasteiger partial charge is 0.468 e. The second kappa shape index (κ2) is 8.26. The van der Waals surface area contributed by atoms with E-state index >= 15 is 0 Å². The number of rotatable bonds is 7. The minimum Gasteiger partial charge on any atom is -0.468 e. The van der Waals surface area contributed by atoms with Crippen LogP contribution in [0, 0.1) is 10.1 Å². The third-order valence-corrected chi connectivity index (χ3v) is 5.49. The molecule has 0 saturated carbocycles. The molecule has 0 aliphatic heterocycles. The lowest BCUT2D eigenvalue weighted by molar-refractivity contribution is -0.387. The highest BCUT2D eigenvalue weighted by Crippen LogP contribution is 2.28. The van der Waals surface area contributed by atoms with Gasteiger partial charge in [-0.1, -0.05) is 42.5 Å². The van der Waals surface area contributed by atoms with Crippen LogP contribution in [0.4, 0.5) is 5.69 Å². The van der Waals surface area contributed by atoms with Gasteiger partial charge in [0, 0.05) is 6.07 Å². The van der Waals surface area contributed by atoms with Gasteiger partial charge < -0.3 is 4.74 Å². The molecule has 26 heavy (non-hydrogen) atoms. The van der Waals surface area contributed by atoms with Gasteiger partial charge in [0.05, 0.1) is 17.4 Å². The third-order valence-electron chi connectivity index (χ3n) is 3.50. The Labute approximate surface area is 154 Å². The van der Waals surface area contributed by atoms with E-state index in [1.54, 1.807) is 30.3 Å². The summed E-state index contributed by atoms with van der Waals surface area (Å²) in [5, 5.41) is 10.0. The number of carbonyl (C=O) groups is 1. The number of benzene rings is 2. The predicted octanol–water partition coefficient (Wildman–Crippen LogP) is 2.39. The molecule has 0 unspecified atom stereocenters. The van der Waals surface area contributed by atoms with E-state index in [4.69, 9.17) is 11.6 Å². The zero-order chi connectivity index (χ0) is 19.3. The summed E-state index contributed by atoms with van der Waals surface area (Å²) in [6.07, 6.45) is 0. The molecule has 0 saturated heterocycles. The molecule has 10 heteroatoms. The SMILES string of the molecule is COC(=O)[C@H](NS(=O)(=O)c1ccccc1[N+](=O)[O-])[C@H](Cl)c1ccccc1. The molecule has 0 fully saturated rings. The second-order valence-electron chi connectivity index (χ2n) is 5.16. The summed E-state index contributed by atoms with van der Waals surface area (Å²) < 4.78 is 32.0. The lowest BCUT2D eigenvalue weighted by Gasteiger charge is -2.21. The van der Waals surface area contributed by atoms with Gasteiger partial charge in [0.15, 0.2) is 4.90 Å². The standard InChI is InChI=1S/C16H15ClN2O6S/c1-25-16(20)15(14(17)11-7-3-2-4-8-11)18-26(23,24)13-10-6-5-9-12(13)19(21)22/h2-10,14-15,18H,1H3/t14-,15-/m1/s1. The molecule has 2 aromatic rings. The number of nitro groups is 1. The van der Waals surface area contributed by atoms with Gasteiger partial charge in [-0.25, -0.2) is 8.42 Å². The van der Waals surface area contributed by atoms with Crippen LogP contribution in [0.3, 0.4) is 0 Å². The van der Waals surface area contributed by atoms with Gasteiger partial charge in [0.25, 0.3) is 5.69 Å². The highest BCUT2D eigenvalue weighted by Gasteiger charge is 2.36. The van der Waals surface area contributed by atoms with Crippen molar-refractivity contribution in [1.29, 1.82) is 0 Å². The zero-order valence-corrected chi connectivity index (χ0v) is 15.1. The van der Waals surface area contributed by atoms with Crippen molar-refractivity contribution in [2.45, 2.75) is 16.3 Å². The third kappa shape index (κ3) is 4.37. The van der Waals surface area contributed by atoms with Gasteiger partial charge in [0.2, 0.25) is 10.0 Å². The first-order chi connectivity index (χ1) is 12.3.